The Labute approximate surface area is 78.7 Å². The molecule has 0 aromatic carbocycles. The predicted octanol–water partition coefficient (Wildman–Crippen LogP) is 0.130. The van der Waals surface area contributed by atoms with Crippen LogP contribution in [-0.4, -0.2) is 41.7 Å². The van der Waals surface area contributed by atoms with Crippen LogP contribution in [0.15, 0.2) is 0 Å². The van der Waals surface area contributed by atoms with E-state index in [1.807, 2.05) is 0 Å². The molecule has 1 fully saturated rings. The Kier molecular flexibility index (Phi) is 3.69. The second-order valence-corrected chi connectivity index (χ2v) is 3.81. The highest BCUT2D eigenvalue weighted by atomic mass is 16.4. The van der Waals surface area contributed by atoms with Gasteiger partial charge in [-0.25, -0.2) is 0 Å². The number of nitrogens with two attached hydrogens (primary N) is 1. The summed E-state index contributed by atoms with van der Waals surface area (Å²) in [6.07, 6.45) is 1.10. The first kappa shape index (κ1) is 10.5. The summed E-state index contributed by atoms with van der Waals surface area (Å²) in [6, 6.07) is 0.151. The number of carboxylic acids is 1. The Hall–Kier alpha value is -0.610. The van der Waals surface area contributed by atoms with E-state index in [-0.39, 0.29) is 18.4 Å². The Morgan fingerprint density at radius 1 is 1.62 bits per heavy atom. The van der Waals surface area contributed by atoms with Gasteiger partial charge in [0.25, 0.3) is 0 Å². The normalized spacial score (nSPS) is 30.3. The topological polar surface area (TPSA) is 66.6 Å². The van der Waals surface area contributed by atoms with Crippen LogP contribution < -0.4 is 5.73 Å². The predicted molar refractivity (Wildman–Crippen MR) is 50.4 cm³/mol. The summed E-state index contributed by atoms with van der Waals surface area (Å²) in [5.41, 5.74) is 5.83. The summed E-state index contributed by atoms with van der Waals surface area (Å²) < 4.78 is 0. The maximum atomic E-state index is 10.5. The van der Waals surface area contributed by atoms with Gasteiger partial charge in [-0.05, 0) is 18.9 Å². The Balaban J connectivity index is 2.42. The van der Waals surface area contributed by atoms with Crippen molar-refractivity contribution in [2.75, 3.05) is 19.6 Å². The molecule has 2 unspecified atom stereocenters. The van der Waals surface area contributed by atoms with E-state index in [9.17, 15) is 4.79 Å². The van der Waals surface area contributed by atoms with Gasteiger partial charge in [0.2, 0.25) is 0 Å². The molecule has 4 heteroatoms. The van der Waals surface area contributed by atoms with Gasteiger partial charge in [0, 0.05) is 25.6 Å². The minimum absolute atomic E-state index is 0.151. The smallest absolute Gasteiger partial charge is 0.303 e. The third-order valence-electron chi connectivity index (χ3n) is 2.56. The molecule has 0 saturated carbocycles. The number of likely N-dealkylation sites (N-methyl/N-ethyl adjacent to an activating group) is 1. The van der Waals surface area contributed by atoms with E-state index in [1.165, 1.54) is 0 Å². The fourth-order valence-electron chi connectivity index (χ4n) is 2.00. The SMILES string of the molecule is CCN1CC(N)CC(CC(=O)O)C1. The van der Waals surface area contributed by atoms with Gasteiger partial charge in [-0.3, -0.25) is 4.79 Å². The fourth-order valence-corrected chi connectivity index (χ4v) is 2.00. The van der Waals surface area contributed by atoms with Crippen molar-refractivity contribution in [1.82, 2.24) is 4.90 Å². The molecule has 0 aromatic heterocycles. The number of nitrogens with zero attached hydrogens (tertiary/aromatic N) is 1. The molecule has 0 spiro atoms. The lowest BCUT2D eigenvalue weighted by Gasteiger charge is -2.34. The third-order valence-corrected chi connectivity index (χ3v) is 2.56. The zero-order chi connectivity index (χ0) is 9.84. The lowest BCUT2D eigenvalue weighted by molar-refractivity contribution is -0.138. The zero-order valence-electron chi connectivity index (χ0n) is 8.07. The van der Waals surface area contributed by atoms with Crippen molar-refractivity contribution in [3.8, 4) is 0 Å². The van der Waals surface area contributed by atoms with Gasteiger partial charge in [0.1, 0.15) is 0 Å². The van der Waals surface area contributed by atoms with Crippen LogP contribution in [0.1, 0.15) is 19.8 Å². The van der Waals surface area contributed by atoms with Gasteiger partial charge in [0.05, 0.1) is 0 Å². The fraction of sp³-hybridized carbons (Fsp3) is 0.889. The van der Waals surface area contributed by atoms with Crippen molar-refractivity contribution in [2.24, 2.45) is 11.7 Å². The molecule has 1 aliphatic heterocycles. The van der Waals surface area contributed by atoms with E-state index in [4.69, 9.17) is 10.8 Å². The molecule has 1 aliphatic rings. The van der Waals surface area contributed by atoms with Crippen molar-refractivity contribution in [3.63, 3.8) is 0 Å². The second kappa shape index (κ2) is 4.58. The summed E-state index contributed by atoms with van der Waals surface area (Å²) in [6.45, 7) is 4.84. The van der Waals surface area contributed by atoms with E-state index in [0.29, 0.717) is 0 Å². The quantitative estimate of drug-likeness (QED) is 0.657. The summed E-state index contributed by atoms with van der Waals surface area (Å²) in [4.78, 5) is 12.7. The second-order valence-electron chi connectivity index (χ2n) is 3.81. The van der Waals surface area contributed by atoms with E-state index in [0.717, 1.165) is 26.1 Å². The highest BCUT2D eigenvalue weighted by Crippen LogP contribution is 2.18. The van der Waals surface area contributed by atoms with Crippen LogP contribution in [0, 0.1) is 5.92 Å². The maximum absolute atomic E-state index is 10.5. The summed E-state index contributed by atoms with van der Waals surface area (Å²) in [7, 11) is 0. The standard InChI is InChI=1S/C9H18N2O2/c1-2-11-5-7(4-9(12)13)3-8(10)6-11/h7-8H,2-6,10H2,1H3,(H,12,13). The molecule has 4 nitrogen and oxygen atoms in total. The molecule has 0 aromatic rings. The van der Waals surface area contributed by atoms with Crippen molar-refractivity contribution in [3.05, 3.63) is 0 Å². The molecule has 0 radical (unpaired) electrons. The molecular formula is C9H18N2O2. The van der Waals surface area contributed by atoms with Crippen LogP contribution in [0.3, 0.4) is 0 Å². The first-order chi connectivity index (χ1) is 6.11. The van der Waals surface area contributed by atoms with Crippen molar-refractivity contribution < 1.29 is 9.90 Å². The summed E-state index contributed by atoms with van der Waals surface area (Å²) in [5, 5.41) is 8.65. The third kappa shape index (κ3) is 3.32. The number of carboxylic acid groups (broad SMARTS) is 1. The molecule has 13 heavy (non-hydrogen) atoms. The molecule has 2 atom stereocenters. The number of hydrogen-bond donors (Lipinski definition) is 2. The summed E-state index contributed by atoms with van der Waals surface area (Å²) in [5.74, 6) is -0.476. The first-order valence-corrected chi connectivity index (χ1v) is 4.81. The molecule has 1 saturated heterocycles. The molecule has 1 heterocycles. The van der Waals surface area contributed by atoms with Crippen LogP contribution in [-0.2, 0) is 4.79 Å². The molecule has 0 amide bonds. The highest BCUT2D eigenvalue weighted by molar-refractivity contribution is 5.67. The van der Waals surface area contributed by atoms with Crippen LogP contribution in [0.25, 0.3) is 0 Å². The largest absolute Gasteiger partial charge is 0.481 e. The average Bonchev–Trinajstić information content (AvgIpc) is 2.01. The zero-order valence-corrected chi connectivity index (χ0v) is 8.07. The highest BCUT2D eigenvalue weighted by Gasteiger charge is 2.25. The van der Waals surface area contributed by atoms with E-state index in [2.05, 4.69) is 11.8 Å². The molecule has 1 rings (SSSR count). The average molecular weight is 186 g/mol. The lowest BCUT2D eigenvalue weighted by atomic mass is 9.92. The van der Waals surface area contributed by atoms with Gasteiger partial charge >= 0.3 is 5.97 Å². The van der Waals surface area contributed by atoms with Crippen molar-refractivity contribution >= 4 is 5.97 Å². The van der Waals surface area contributed by atoms with E-state index >= 15 is 0 Å². The van der Waals surface area contributed by atoms with Crippen LogP contribution in [0.2, 0.25) is 0 Å². The number of hydrogen-bond acceptors (Lipinski definition) is 3. The van der Waals surface area contributed by atoms with Crippen LogP contribution in [0.4, 0.5) is 0 Å². The maximum Gasteiger partial charge on any atom is 0.303 e. The molecular weight excluding hydrogens is 168 g/mol. The Bertz CT molecular complexity index is 184. The van der Waals surface area contributed by atoms with E-state index in [1.54, 1.807) is 0 Å². The molecule has 3 N–H and O–H groups in total. The van der Waals surface area contributed by atoms with Gasteiger partial charge in [-0.1, -0.05) is 6.92 Å². The number of piperidine rings is 1. The number of likely N-dealkylation sites (tertiary alicyclic amines) is 1. The van der Waals surface area contributed by atoms with Crippen molar-refractivity contribution in [1.29, 1.82) is 0 Å². The van der Waals surface area contributed by atoms with Crippen molar-refractivity contribution in [2.45, 2.75) is 25.8 Å². The molecule has 0 aliphatic carbocycles. The number of carbonyl (C=O) groups is 1. The van der Waals surface area contributed by atoms with Crippen LogP contribution in [0.5, 0.6) is 0 Å². The monoisotopic (exact) mass is 186 g/mol. The van der Waals surface area contributed by atoms with Crippen LogP contribution >= 0.6 is 0 Å². The molecule has 76 valence electrons. The minimum atomic E-state index is -0.713. The lowest BCUT2D eigenvalue weighted by Crippen LogP contribution is -2.47. The van der Waals surface area contributed by atoms with E-state index < -0.39 is 5.97 Å². The Morgan fingerprint density at radius 3 is 2.85 bits per heavy atom. The first-order valence-electron chi connectivity index (χ1n) is 4.81. The van der Waals surface area contributed by atoms with Gasteiger partial charge < -0.3 is 15.7 Å². The Morgan fingerprint density at radius 2 is 2.31 bits per heavy atom. The number of aliphatic carboxylic acids is 1. The van der Waals surface area contributed by atoms with Gasteiger partial charge in [-0.2, -0.15) is 0 Å². The summed E-state index contributed by atoms with van der Waals surface area (Å²) >= 11 is 0. The van der Waals surface area contributed by atoms with Gasteiger partial charge in [-0.15, -0.1) is 0 Å². The molecule has 0 bridgehead atoms. The number of rotatable bonds is 3. The minimum Gasteiger partial charge on any atom is -0.481 e. The van der Waals surface area contributed by atoms with Gasteiger partial charge in [0.15, 0.2) is 0 Å².